The Labute approximate surface area is 137 Å². The number of fused-ring (bicyclic) bond motifs is 1. The molecule has 1 aliphatic carbocycles. The average molecular weight is 311 g/mol. The topological polar surface area (TPSA) is 44.4 Å². The molecule has 0 aromatic heterocycles. The minimum atomic E-state index is 0.127. The van der Waals surface area contributed by atoms with Crippen LogP contribution in [0.1, 0.15) is 37.3 Å². The lowest BCUT2D eigenvalue weighted by molar-refractivity contribution is 0.0551. The highest BCUT2D eigenvalue weighted by atomic mass is 16.2. The Morgan fingerprint density at radius 2 is 1.74 bits per heavy atom. The molecule has 2 heterocycles. The predicted molar refractivity (Wildman–Crippen MR) is 91.1 cm³/mol. The van der Waals surface area contributed by atoms with E-state index in [1.54, 1.807) is 0 Å². The van der Waals surface area contributed by atoms with E-state index >= 15 is 0 Å². The van der Waals surface area contributed by atoms with Gasteiger partial charge in [-0.1, -0.05) is 42.5 Å². The van der Waals surface area contributed by atoms with Crippen LogP contribution in [0.4, 0.5) is 4.79 Å². The quantitative estimate of drug-likeness (QED) is 0.825. The molecule has 0 bridgehead atoms. The minimum absolute atomic E-state index is 0.127. The van der Waals surface area contributed by atoms with Crippen LogP contribution in [0.15, 0.2) is 42.5 Å². The highest BCUT2D eigenvalue weighted by Crippen LogP contribution is 2.41. The van der Waals surface area contributed by atoms with Gasteiger partial charge in [0.15, 0.2) is 0 Å². The van der Waals surface area contributed by atoms with Gasteiger partial charge in [0.05, 0.1) is 6.04 Å². The number of piperidine rings is 1. The van der Waals surface area contributed by atoms with Crippen molar-refractivity contribution in [3.63, 3.8) is 0 Å². The summed E-state index contributed by atoms with van der Waals surface area (Å²) in [5, 5.41) is 6.69. The summed E-state index contributed by atoms with van der Waals surface area (Å²) < 4.78 is 0. The molecule has 0 spiro atoms. The summed E-state index contributed by atoms with van der Waals surface area (Å²) in [5.41, 5.74) is 1.28. The lowest BCUT2D eigenvalue weighted by Crippen LogP contribution is -2.62. The monoisotopic (exact) mass is 311 g/mol. The molecule has 23 heavy (non-hydrogen) atoms. The van der Waals surface area contributed by atoms with Crippen LogP contribution in [0.3, 0.4) is 0 Å². The Bertz CT molecular complexity index is 580. The first-order chi connectivity index (χ1) is 11.3. The zero-order chi connectivity index (χ0) is 15.6. The van der Waals surface area contributed by atoms with Crippen molar-refractivity contribution < 1.29 is 4.79 Å². The van der Waals surface area contributed by atoms with E-state index in [1.807, 2.05) is 0 Å². The van der Waals surface area contributed by atoms with Crippen molar-refractivity contribution in [3.05, 3.63) is 48.0 Å². The molecule has 2 saturated heterocycles. The Hall–Kier alpha value is -1.81. The third kappa shape index (κ3) is 2.76. The third-order valence-electron chi connectivity index (χ3n) is 5.57. The van der Waals surface area contributed by atoms with Gasteiger partial charge < -0.3 is 15.5 Å². The fraction of sp³-hybridized carbons (Fsp3) is 0.526. The highest BCUT2D eigenvalue weighted by Gasteiger charge is 2.45. The molecule has 2 aliphatic heterocycles. The van der Waals surface area contributed by atoms with Crippen LogP contribution >= 0.6 is 0 Å². The van der Waals surface area contributed by atoms with Crippen molar-refractivity contribution in [2.24, 2.45) is 5.92 Å². The van der Waals surface area contributed by atoms with Crippen LogP contribution in [0, 0.1) is 5.92 Å². The van der Waals surface area contributed by atoms with Crippen molar-refractivity contribution in [1.29, 1.82) is 0 Å². The van der Waals surface area contributed by atoms with Gasteiger partial charge in [-0.2, -0.15) is 0 Å². The van der Waals surface area contributed by atoms with Crippen LogP contribution in [-0.2, 0) is 0 Å². The average Bonchev–Trinajstić information content (AvgIpc) is 2.62. The second-order valence-corrected chi connectivity index (χ2v) is 6.91. The maximum Gasteiger partial charge on any atom is 0.318 e. The number of hydrogen-bond donors (Lipinski definition) is 2. The van der Waals surface area contributed by atoms with Crippen LogP contribution in [0.2, 0.25) is 0 Å². The molecule has 3 aliphatic rings. The number of allylic oxidation sites excluding steroid dienone is 1. The maximum atomic E-state index is 12.9. The van der Waals surface area contributed by atoms with Gasteiger partial charge in [-0.3, -0.25) is 0 Å². The number of nitrogens with one attached hydrogen (secondary N) is 2. The van der Waals surface area contributed by atoms with E-state index in [1.165, 1.54) is 5.56 Å². The predicted octanol–water partition coefficient (Wildman–Crippen LogP) is 2.84. The van der Waals surface area contributed by atoms with Crippen molar-refractivity contribution in [3.8, 4) is 0 Å². The molecule has 4 rings (SSSR count). The Kier molecular flexibility index (Phi) is 4.08. The summed E-state index contributed by atoms with van der Waals surface area (Å²) in [6.07, 6.45) is 8.60. The molecular weight excluding hydrogens is 286 g/mol. The second-order valence-electron chi connectivity index (χ2n) is 6.91. The molecule has 4 heteroatoms. The third-order valence-corrected chi connectivity index (χ3v) is 5.57. The molecule has 1 aromatic carbocycles. The van der Waals surface area contributed by atoms with Crippen molar-refractivity contribution in [2.45, 2.75) is 43.8 Å². The first-order valence-electron chi connectivity index (χ1n) is 8.84. The number of hydrogen-bond acceptors (Lipinski definition) is 2. The molecule has 2 fully saturated rings. The number of nitrogens with zero attached hydrogens (tertiary/aromatic N) is 1. The molecule has 2 amide bonds. The van der Waals surface area contributed by atoms with E-state index in [0.717, 1.165) is 38.8 Å². The van der Waals surface area contributed by atoms with E-state index in [4.69, 9.17) is 0 Å². The fourth-order valence-corrected chi connectivity index (χ4v) is 4.45. The van der Waals surface area contributed by atoms with E-state index in [-0.39, 0.29) is 18.1 Å². The Morgan fingerprint density at radius 1 is 1.00 bits per heavy atom. The van der Waals surface area contributed by atoms with Crippen molar-refractivity contribution in [2.75, 3.05) is 13.1 Å². The lowest BCUT2D eigenvalue weighted by atomic mass is 9.77. The van der Waals surface area contributed by atoms with Crippen molar-refractivity contribution >= 4 is 6.03 Å². The van der Waals surface area contributed by atoms with Gasteiger partial charge in [-0.05, 0) is 44.3 Å². The molecule has 2 N–H and O–H groups in total. The fourth-order valence-electron chi connectivity index (χ4n) is 4.45. The smallest absolute Gasteiger partial charge is 0.318 e. The van der Waals surface area contributed by atoms with E-state index in [2.05, 4.69) is 58.0 Å². The van der Waals surface area contributed by atoms with Crippen molar-refractivity contribution in [1.82, 2.24) is 15.5 Å². The van der Waals surface area contributed by atoms with E-state index in [0.29, 0.717) is 12.0 Å². The van der Waals surface area contributed by atoms with Gasteiger partial charge in [0.2, 0.25) is 0 Å². The van der Waals surface area contributed by atoms with Gasteiger partial charge in [-0.25, -0.2) is 4.79 Å². The summed E-state index contributed by atoms with van der Waals surface area (Å²) in [7, 11) is 0. The zero-order valence-electron chi connectivity index (χ0n) is 13.4. The molecule has 0 saturated carbocycles. The van der Waals surface area contributed by atoms with Gasteiger partial charge in [-0.15, -0.1) is 0 Å². The summed E-state index contributed by atoms with van der Waals surface area (Å²) in [4.78, 5) is 15.1. The van der Waals surface area contributed by atoms with Crippen LogP contribution in [0.5, 0.6) is 0 Å². The summed E-state index contributed by atoms with van der Waals surface area (Å²) in [6.45, 7) is 2.01. The number of carbonyl (C=O) groups excluding carboxylic acids is 1. The van der Waals surface area contributed by atoms with Gasteiger partial charge in [0, 0.05) is 18.0 Å². The van der Waals surface area contributed by atoms with Gasteiger partial charge >= 0.3 is 6.03 Å². The molecule has 3 atom stereocenters. The summed E-state index contributed by atoms with van der Waals surface area (Å²) >= 11 is 0. The Balaban J connectivity index is 1.71. The SMILES string of the molecule is O=C1NC2CC=CCC2C(c2ccccc2)N1C1CCNCC1. The van der Waals surface area contributed by atoms with E-state index in [9.17, 15) is 4.79 Å². The molecule has 0 radical (unpaired) electrons. The van der Waals surface area contributed by atoms with Crippen LogP contribution in [0.25, 0.3) is 0 Å². The first-order valence-corrected chi connectivity index (χ1v) is 8.84. The summed E-state index contributed by atoms with van der Waals surface area (Å²) in [6, 6.07) is 11.6. The number of benzene rings is 1. The number of urea groups is 1. The maximum absolute atomic E-state index is 12.9. The minimum Gasteiger partial charge on any atom is -0.335 e. The van der Waals surface area contributed by atoms with Gasteiger partial charge in [0.25, 0.3) is 0 Å². The number of carbonyl (C=O) groups is 1. The highest BCUT2D eigenvalue weighted by molar-refractivity contribution is 5.77. The second kappa shape index (κ2) is 6.36. The van der Waals surface area contributed by atoms with E-state index < -0.39 is 0 Å². The molecule has 122 valence electrons. The normalized spacial score (nSPS) is 31.6. The molecule has 1 aromatic rings. The molecular formula is C19H25N3O. The van der Waals surface area contributed by atoms with Crippen LogP contribution in [-0.4, -0.2) is 36.1 Å². The van der Waals surface area contributed by atoms with Gasteiger partial charge in [0.1, 0.15) is 0 Å². The molecule has 3 unspecified atom stereocenters. The van der Waals surface area contributed by atoms with Crippen LogP contribution < -0.4 is 10.6 Å². The zero-order valence-corrected chi connectivity index (χ0v) is 13.4. The Morgan fingerprint density at radius 3 is 2.52 bits per heavy atom. The number of rotatable bonds is 2. The summed E-state index contributed by atoms with van der Waals surface area (Å²) in [5.74, 6) is 0.468. The standard InChI is InChI=1S/C19H25N3O/c23-19-21-17-9-5-4-8-16(17)18(14-6-2-1-3-7-14)22(19)15-10-12-20-13-11-15/h1-7,15-18,20H,8-13H2,(H,21,23). The first kappa shape index (κ1) is 14.8. The lowest BCUT2D eigenvalue weighted by Gasteiger charge is -2.50. The number of amides is 2. The molecule has 4 nitrogen and oxygen atoms in total. The largest absolute Gasteiger partial charge is 0.335 e.